The molecule has 2 aromatic heterocycles. The Morgan fingerprint density at radius 3 is 2.45 bits per heavy atom. The smallest absolute Gasteiger partial charge is 0.359 e. The van der Waals surface area contributed by atoms with Gasteiger partial charge >= 0.3 is 5.97 Å². The topological polar surface area (TPSA) is 114 Å². The fourth-order valence-electron chi connectivity index (χ4n) is 3.47. The van der Waals surface area contributed by atoms with Gasteiger partial charge in [0.05, 0.1) is 5.39 Å². The van der Waals surface area contributed by atoms with Crippen molar-refractivity contribution in [1.29, 1.82) is 0 Å². The lowest BCUT2D eigenvalue weighted by molar-refractivity contribution is -0.119. The number of carbonyl (C=O) groups is 2. The first-order valence-corrected chi connectivity index (χ1v) is 9.46. The number of aromatic nitrogens is 2. The highest BCUT2D eigenvalue weighted by Crippen LogP contribution is 2.30. The molecule has 8 nitrogen and oxygen atoms in total. The number of aromatic amines is 1. The van der Waals surface area contributed by atoms with Crippen molar-refractivity contribution in [3.05, 3.63) is 82.8 Å². The molecule has 0 saturated carbocycles. The van der Waals surface area contributed by atoms with Crippen LogP contribution in [0.25, 0.3) is 32.7 Å². The number of furan rings is 1. The lowest BCUT2D eigenvalue weighted by Crippen LogP contribution is -2.22. The zero-order valence-corrected chi connectivity index (χ0v) is 16.0. The number of carbonyl (C=O) groups excluding carboxylic acids is 2. The molecular formula is C23H15N3O5. The van der Waals surface area contributed by atoms with Crippen LogP contribution in [0, 0.1) is 0 Å². The SMILES string of the molecule is O=C(COC(=O)c1n[nH]c(=O)c2ccccc12)Nc1ccc2oc3ccccc3c2c1. The Morgan fingerprint density at radius 1 is 0.903 bits per heavy atom. The first kappa shape index (κ1) is 18.6. The number of para-hydroxylation sites is 1. The molecule has 0 aliphatic carbocycles. The summed E-state index contributed by atoms with van der Waals surface area (Å²) in [5, 5.41) is 11.2. The van der Waals surface area contributed by atoms with Crippen LogP contribution in [0.3, 0.4) is 0 Å². The molecular weight excluding hydrogens is 398 g/mol. The van der Waals surface area contributed by atoms with Gasteiger partial charge in [-0.1, -0.05) is 36.4 Å². The van der Waals surface area contributed by atoms with Crippen LogP contribution in [-0.4, -0.2) is 28.7 Å². The molecule has 0 aliphatic heterocycles. The molecule has 2 heterocycles. The molecule has 1 amide bonds. The number of nitrogens with one attached hydrogen (secondary N) is 2. The highest BCUT2D eigenvalue weighted by molar-refractivity contribution is 6.07. The normalized spacial score (nSPS) is 11.1. The average molecular weight is 413 g/mol. The second kappa shape index (κ2) is 7.42. The maximum absolute atomic E-state index is 12.4. The molecule has 0 fully saturated rings. The van der Waals surface area contributed by atoms with Crippen LogP contribution in [0.5, 0.6) is 0 Å². The number of rotatable bonds is 4. The standard InChI is InChI=1S/C23H15N3O5/c27-20(12-30-23(29)21-15-6-1-2-7-16(15)22(28)26-25-21)24-13-9-10-19-17(11-13)14-5-3-4-8-18(14)31-19/h1-11H,12H2,(H,24,27)(H,26,28). The Morgan fingerprint density at radius 2 is 1.61 bits per heavy atom. The molecule has 0 atom stereocenters. The van der Waals surface area contributed by atoms with E-state index in [1.54, 1.807) is 42.5 Å². The van der Waals surface area contributed by atoms with Crippen LogP contribution < -0.4 is 10.9 Å². The van der Waals surface area contributed by atoms with Crippen LogP contribution in [0.2, 0.25) is 0 Å². The van der Waals surface area contributed by atoms with Gasteiger partial charge in [-0.25, -0.2) is 9.89 Å². The zero-order valence-electron chi connectivity index (χ0n) is 16.0. The Labute approximate surface area is 174 Å². The first-order chi connectivity index (χ1) is 15.1. The number of anilines is 1. The highest BCUT2D eigenvalue weighted by Gasteiger charge is 2.17. The Hall–Kier alpha value is -4.46. The van der Waals surface area contributed by atoms with Crippen molar-refractivity contribution >= 4 is 50.3 Å². The summed E-state index contributed by atoms with van der Waals surface area (Å²) in [6.07, 6.45) is 0. The number of esters is 1. The summed E-state index contributed by atoms with van der Waals surface area (Å²) in [7, 11) is 0. The number of benzene rings is 3. The van der Waals surface area contributed by atoms with Crippen molar-refractivity contribution in [2.75, 3.05) is 11.9 Å². The third-order valence-electron chi connectivity index (χ3n) is 4.88. The summed E-state index contributed by atoms with van der Waals surface area (Å²) in [5.41, 5.74) is 1.55. The lowest BCUT2D eigenvalue weighted by atomic mass is 10.1. The minimum atomic E-state index is -0.807. The second-order valence-electron chi connectivity index (χ2n) is 6.88. The monoisotopic (exact) mass is 413 g/mol. The molecule has 31 heavy (non-hydrogen) atoms. The van der Waals surface area contributed by atoms with Gasteiger partial charge in [-0.05, 0) is 30.3 Å². The van der Waals surface area contributed by atoms with Crippen molar-refractivity contribution in [3.8, 4) is 0 Å². The van der Waals surface area contributed by atoms with E-state index >= 15 is 0 Å². The summed E-state index contributed by atoms with van der Waals surface area (Å²) >= 11 is 0. The maximum Gasteiger partial charge on any atom is 0.359 e. The quantitative estimate of drug-likeness (QED) is 0.435. The summed E-state index contributed by atoms with van der Waals surface area (Å²) in [6.45, 7) is -0.502. The molecule has 0 aliphatic rings. The third-order valence-corrected chi connectivity index (χ3v) is 4.88. The highest BCUT2D eigenvalue weighted by atomic mass is 16.5. The van der Waals surface area contributed by atoms with E-state index in [-0.39, 0.29) is 5.69 Å². The molecule has 0 saturated heterocycles. The summed E-state index contributed by atoms with van der Waals surface area (Å²) < 4.78 is 10.9. The summed E-state index contributed by atoms with van der Waals surface area (Å²) in [5.74, 6) is -1.31. The minimum Gasteiger partial charge on any atom is -0.456 e. The average Bonchev–Trinajstić information content (AvgIpc) is 3.16. The van der Waals surface area contributed by atoms with Crippen molar-refractivity contribution < 1.29 is 18.7 Å². The molecule has 5 aromatic rings. The predicted octanol–water partition coefficient (Wildman–Crippen LogP) is 3.62. The first-order valence-electron chi connectivity index (χ1n) is 9.46. The predicted molar refractivity (Wildman–Crippen MR) is 115 cm³/mol. The fraction of sp³-hybridized carbons (Fsp3) is 0.0435. The van der Waals surface area contributed by atoms with Gasteiger partial charge in [0.15, 0.2) is 12.3 Å². The number of hydrogen-bond donors (Lipinski definition) is 2. The molecule has 0 bridgehead atoms. The molecule has 0 spiro atoms. The van der Waals surface area contributed by atoms with Crippen molar-refractivity contribution in [2.24, 2.45) is 0 Å². The van der Waals surface area contributed by atoms with Gasteiger partial charge in [-0.3, -0.25) is 9.59 Å². The van der Waals surface area contributed by atoms with Gasteiger partial charge in [0.1, 0.15) is 11.2 Å². The van der Waals surface area contributed by atoms with Crippen molar-refractivity contribution in [1.82, 2.24) is 10.2 Å². The van der Waals surface area contributed by atoms with E-state index in [1.807, 2.05) is 24.3 Å². The van der Waals surface area contributed by atoms with Crippen molar-refractivity contribution in [2.45, 2.75) is 0 Å². The summed E-state index contributed by atoms with van der Waals surface area (Å²) in [4.78, 5) is 36.6. The van der Waals surface area contributed by atoms with Crippen LogP contribution in [-0.2, 0) is 9.53 Å². The van der Waals surface area contributed by atoms with Crippen LogP contribution >= 0.6 is 0 Å². The number of ether oxygens (including phenoxy) is 1. The lowest BCUT2D eigenvalue weighted by Gasteiger charge is -2.07. The molecule has 152 valence electrons. The van der Waals surface area contributed by atoms with Gasteiger partial charge in [0, 0.05) is 21.8 Å². The van der Waals surface area contributed by atoms with Crippen LogP contribution in [0.15, 0.2) is 75.9 Å². The maximum atomic E-state index is 12.4. The third kappa shape index (κ3) is 3.40. The number of nitrogens with zero attached hydrogens (tertiary/aromatic N) is 1. The molecule has 0 radical (unpaired) electrons. The van der Waals surface area contributed by atoms with E-state index < -0.39 is 24.0 Å². The zero-order chi connectivity index (χ0) is 21.4. The van der Waals surface area contributed by atoms with Gasteiger partial charge in [0.2, 0.25) is 0 Å². The minimum absolute atomic E-state index is 0.0608. The van der Waals surface area contributed by atoms with E-state index in [0.29, 0.717) is 22.0 Å². The van der Waals surface area contributed by atoms with Gasteiger partial charge in [-0.2, -0.15) is 5.10 Å². The molecule has 5 rings (SSSR count). The van der Waals surface area contributed by atoms with Crippen LogP contribution in [0.4, 0.5) is 5.69 Å². The number of H-pyrrole nitrogens is 1. The van der Waals surface area contributed by atoms with Crippen LogP contribution in [0.1, 0.15) is 10.5 Å². The van der Waals surface area contributed by atoms with E-state index in [1.165, 1.54) is 0 Å². The molecule has 3 aromatic carbocycles. The molecule has 2 N–H and O–H groups in total. The van der Waals surface area contributed by atoms with E-state index in [0.717, 1.165) is 16.4 Å². The molecule has 8 heteroatoms. The number of fused-ring (bicyclic) bond motifs is 4. The van der Waals surface area contributed by atoms with E-state index in [2.05, 4.69) is 15.5 Å². The van der Waals surface area contributed by atoms with Gasteiger partial charge in [-0.15, -0.1) is 0 Å². The Balaban J connectivity index is 1.31. The summed E-state index contributed by atoms with van der Waals surface area (Å²) in [6, 6.07) is 19.4. The number of hydrogen-bond acceptors (Lipinski definition) is 6. The fourth-order valence-corrected chi connectivity index (χ4v) is 3.47. The Kier molecular flexibility index (Phi) is 4.44. The van der Waals surface area contributed by atoms with E-state index in [9.17, 15) is 14.4 Å². The van der Waals surface area contributed by atoms with Gasteiger partial charge in [0.25, 0.3) is 11.5 Å². The second-order valence-corrected chi connectivity index (χ2v) is 6.88. The largest absolute Gasteiger partial charge is 0.456 e. The number of amides is 1. The Bertz CT molecular complexity index is 1530. The van der Waals surface area contributed by atoms with E-state index in [4.69, 9.17) is 9.15 Å². The van der Waals surface area contributed by atoms with Crippen molar-refractivity contribution in [3.63, 3.8) is 0 Å². The molecule has 0 unspecified atom stereocenters. The van der Waals surface area contributed by atoms with Gasteiger partial charge < -0.3 is 14.5 Å².